The van der Waals surface area contributed by atoms with E-state index in [9.17, 15) is 0 Å². The molecule has 4 unspecified atom stereocenters. The first kappa shape index (κ1) is 39.8. The molecule has 0 spiro atoms. The second-order valence-electron chi connectivity index (χ2n) is 15.6. The summed E-state index contributed by atoms with van der Waals surface area (Å²) >= 11 is -3.62. The fourth-order valence-electron chi connectivity index (χ4n) is 10.7. The minimum atomic E-state index is -1.96. The molecule has 4 atom stereocenters. The van der Waals surface area contributed by atoms with Crippen LogP contribution in [0.2, 0.25) is 22.8 Å². The van der Waals surface area contributed by atoms with Crippen LogP contribution in [-0.4, -0.2) is 3.21 Å². The molecule has 47 heavy (non-hydrogen) atoms. The maximum absolute atomic E-state index is 2.69. The van der Waals surface area contributed by atoms with Crippen molar-refractivity contribution in [3.8, 4) is 0 Å². The Kier molecular flexibility index (Phi) is 14.4. The number of allylic oxidation sites excluding steroid dienone is 16. The molecule has 0 bridgehead atoms. The van der Waals surface area contributed by atoms with E-state index in [1.165, 1.54) is 103 Å². The summed E-state index contributed by atoms with van der Waals surface area (Å²) in [6, 6.07) is 0. The number of halogens is 4. The van der Waals surface area contributed by atoms with Crippen molar-refractivity contribution >= 4 is 3.21 Å². The number of hydrogen-bond acceptors (Lipinski definition) is 0. The average molecular weight is 838 g/mol. The van der Waals surface area contributed by atoms with Gasteiger partial charge in [-0.25, -0.2) is 0 Å². The minimum absolute atomic E-state index is 0. The van der Waals surface area contributed by atoms with Crippen molar-refractivity contribution < 1.29 is 75.8 Å². The van der Waals surface area contributed by atoms with Gasteiger partial charge in [0.1, 0.15) is 0 Å². The first-order chi connectivity index (χ1) is 21.1. The smallest absolute Gasteiger partial charge is 1.00 e. The summed E-state index contributed by atoms with van der Waals surface area (Å²) in [5.41, 5.74) is 14.6. The van der Waals surface area contributed by atoms with Gasteiger partial charge in [-0.2, -0.15) is 0 Å². The molecule has 0 N–H and O–H groups in total. The zero-order chi connectivity index (χ0) is 29.0. The third kappa shape index (κ3) is 7.49. The third-order valence-electron chi connectivity index (χ3n) is 13.0. The molecular formula is C41H54Cl2F2Zr2. The number of rotatable bonds is 4. The first-order valence-corrected chi connectivity index (χ1v) is 28.8. The van der Waals surface area contributed by atoms with E-state index in [1.807, 2.05) is 25.5 Å². The summed E-state index contributed by atoms with van der Waals surface area (Å²) in [6.07, 6.45) is 43.4. The molecule has 1 heterocycles. The van der Waals surface area contributed by atoms with Crippen LogP contribution in [0.15, 0.2) is 93.2 Å². The van der Waals surface area contributed by atoms with Crippen LogP contribution in [0, 0.1) is 0 Å². The van der Waals surface area contributed by atoms with Crippen LogP contribution in [0.5, 0.6) is 0 Å². The van der Waals surface area contributed by atoms with Gasteiger partial charge in [0.15, 0.2) is 0 Å². The maximum atomic E-state index is 2.69. The van der Waals surface area contributed by atoms with Crippen LogP contribution in [0.4, 0.5) is 0 Å². The van der Waals surface area contributed by atoms with Gasteiger partial charge in [-0.3, -0.25) is 0 Å². The van der Waals surface area contributed by atoms with Crippen molar-refractivity contribution in [3.63, 3.8) is 0 Å². The van der Waals surface area contributed by atoms with Crippen LogP contribution in [0.25, 0.3) is 0 Å². The second kappa shape index (κ2) is 17.0. The molecule has 9 rings (SSSR count). The van der Waals surface area contributed by atoms with E-state index in [2.05, 4.69) is 62.5 Å². The molecule has 254 valence electrons. The molecule has 0 nitrogen and oxygen atoms in total. The minimum Gasteiger partial charge on any atom is -1.00 e. The molecule has 8 aliphatic carbocycles. The predicted octanol–water partition coefficient (Wildman–Crippen LogP) is 0.739. The van der Waals surface area contributed by atoms with Crippen molar-refractivity contribution in [1.82, 2.24) is 0 Å². The summed E-state index contributed by atoms with van der Waals surface area (Å²) in [5, 5.41) is 0. The van der Waals surface area contributed by atoms with Gasteiger partial charge in [0, 0.05) is 0 Å². The summed E-state index contributed by atoms with van der Waals surface area (Å²) in [6.45, 7) is 4.92. The molecule has 0 saturated carbocycles. The van der Waals surface area contributed by atoms with Gasteiger partial charge in [-0.05, 0) is 0 Å². The first-order valence-electron chi connectivity index (χ1n) is 18.4. The monoisotopic (exact) mass is 834 g/mol. The van der Waals surface area contributed by atoms with Crippen molar-refractivity contribution in [2.45, 2.75) is 139 Å². The Morgan fingerprint density at radius 2 is 0.809 bits per heavy atom. The van der Waals surface area contributed by atoms with Gasteiger partial charge in [0.2, 0.25) is 0 Å². The summed E-state index contributed by atoms with van der Waals surface area (Å²) in [4.78, 5) is 0. The SMILES string of the molecule is C1=C[CH]([Zr]2([CH]3C=CC4=C3CCCC4)[CH2][CH2]2)C2=C1CCCC2.C[C](C)=[Zr+4]([CH]1C=CC2=C1CCCC2)[CH]1C=CC2=C1CCCC2.[Cl-].[Cl-].[F-].[F-]. The van der Waals surface area contributed by atoms with Gasteiger partial charge >= 0.3 is 277 Å². The Hall–Kier alpha value is -0.00377. The quantitative estimate of drug-likeness (QED) is 0.393. The van der Waals surface area contributed by atoms with Crippen molar-refractivity contribution in [1.29, 1.82) is 0 Å². The normalized spacial score (nSPS) is 30.6. The van der Waals surface area contributed by atoms with E-state index < -0.39 is 41.5 Å². The Morgan fingerprint density at radius 1 is 0.489 bits per heavy atom. The average Bonchev–Trinajstić information content (AvgIpc) is 3.45. The van der Waals surface area contributed by atoms with Crippen LogP contribution in [0.1, 0.15) is 117 Å². The van der Waals surface area contributed by atoms with Crippen LogP contribution >= 0.6 is 0 Å². The molecule has 0 aromatic rings. The number of hydrogen-bond donors (Lipinski definition) is 0. The Morgan fingerprint density at radius 3 is 1.17 bits per heavy atom. The maximum Gasteiger partial charge on any atom is -1.00 e. The summed E-state index contributed by atoms with van der Waals surface area (Å²) < 4.78 is 8.93. The molecule has 1 fully saturated rings. The largest absolute Gasteiger partial charge is 1.00 e. The standard InChI is InChI=1S/4C9H11.C3H6.C2H4.2ClH.2FH.2Zr/c4*1-2-5-9-7-3-6-8(9)4-1;1-3-2;1-2;;;;;;/h4*3,6-7H,1-2,4-5H2;1-2H3;1-2H2;4*1H;;/q;;;;;;;;;;;+4/p-4. The molecule has 6 heteroatoms. The van der Waals surface area contributed by atoms with E-state index in [1.54, 1.807) is 30.5 Å². The predicted molar refractivity (Wildman–Crippen MR) is 180 cm³/mol. The Labute approximate surface area is 308 Å². The zero-order valence-corrected chi connectivity index (χ0v) is 35.1. The Bertz CT molecular complexity index is 1380. The third-order valence-corrected chi connectivity index (χ3v) is 34.6. The summed E-state index contributed by atoms with van der Waals surface area (Å²) in [5.74, 6) is 0. The van der Waals surface area contributed by atoms with Crippen molar-refractivity contribution in [3.05, 3.63) is 93.2 Å². The molecule has 0 aromatic heterocycles. The van der Waals surface area contributed by atoms with E-state index >= 15 is 0 Å². The fourth-order valence-corrected chi connectivity index (χ4v) is 36.0. The zero-order valence-electron chi connectivity index (χ0n) is 28.7. The molecule has 1 aliphatic heterocycles. The molecular weight excluding hydrogens is 784 g/mol. The molecule has 0 amide bonds. The molecule has 0 aromatic carbocycles. The van der Waals surface area contributed by atoms with Crippen LogP contribution < -0.4 is 34.2 Å². The van der Waals surface area contributed by atoms with Crippen LogP contribution in [-0.2, 0) is 41.5 Å². The van der Waals surface area contributed by atoms with Gasteiger partial charge < -0.3 is 34.2 Å². The van der Waals surface area contributed by atoms with E-state index in [-0.39, 0.29) is 34.2 Å². The van der Waals surface area contributed by atoms with Crippen molar-refractivity contribution in [2.75, 3.05) is 0 Å². The molecule has 1 saturated heterocycles. The van der Waals surface area contributed by atoms with E-state index in [4.69, 9.17) is 0 Å². The van der Waals surface area contributed by atoms with Gasteiger partial charge in [-0.1, -0.05) is 0 Å². The van der Waals surface area contributed by atoms with Gasteiger partial charge in [0.05, 0.1) is 0 Å². The summed E-state index contributed by atoms with van der Waals surface area (Å²) in [7, 11) is 0. The Balaban J connectivity index is 0.000000196. The van der Waals surface area contributed by atoms with E-state index in [0.29, 0.717) is 0 Å². The van der Waals surface area contributed by atoms with Crippen LogP contribution in [0.3, 0.4) is 0 Å². The fraction of sp³-hybridized carbons (Fsp3) is 0.585. The van der Waals surface area contributed by atoms with E-state index in [0.717, 1.165) is 14.5 Å². The second-order valence-corrected chi connectivity index (χ2v) is 34.9. The topological polar surface area (TPSA) is 0 Å². The van der Waals surface area contributed by atoms with Gasteiger partial charge in [-0.15, -0.1) is 0 Å². The van der Waals surface area contributed by atoms with Crippen molar-refractivity contribution in [2.24, 2.45) is 0 Å². The molecule has 0 radical (unpaired) electrons. The molecule has 9 aliphatic rings. The van der Waals surface area contributed by atoms with Gasteiger partial charge in [0.25, 0.3) is 0 Å².